The number of hydrogen-bond donors (Lipinski definition) is 0. The van der Waals surface area contributed by atoms with Gasteiger partial charge in [-0.05, 0) is 20.3 Å². The largest absolute Gasteiger partial charge is 0.383 e. The van der Waals surface area contributed by atoms with E-state index in [0.717, 1.165) is 24.5 Å². The predicted molar refractivity (Wildman–Crippen MR) is 77.2 cm³/mol. The second kappa shape index (κ2) is 6.24. The first-order valence-corrected chi connectivity index (χ1v) is 8.59. The summed E-state index contributed by atoms with van der Waals surface area (Å²) in [5.74, 6) is 1.33. The first kappa shape index (κ1) is 15.5. The monoisotopic (exact) mass is 301 g/mol. The highest BCUT2D eigenvalue weighted by Crippen LogP contribution is 2.28. The lowest BCUT2D eigenvalue weighted by Gasteiger charge is -2.16. The number of hydrogen-bond acceptors (Lipinski definition) is 4. The van der Waals surface area contributed by atoms with Gasteiger partial charge in [-0.2, -0.15) is 0 Å². The smallest absolute Gasteiger partial charge is 0.213 e. The minimum absolute atomic E-state index is 0.164. The molecule has 2 heterocycles. The van der Waals surface area contributed by atoms with Gasteiger partial charge in [0.25, 0.3) is 0 Å². The van der Waals surface area contributed by atoms with Gasteiger partial charge in [0, 0.05) is 44.6 Å². The van der Waals surface area contributed by atoms with Crippen LogP contribution in [-0.4, -0.2) is 54.8 Å². The van der Waals surface area contributed by atoms with Gasteiger partial charge >= 0.3 is 0 Å². The van der Waals surface area contributed by atoms with Crippen LogP contribution < -0.4 is 0 Å². The number of aromatic nitrogens is 2. The van der Waals surface area contributed by atoms with Crippen LogP contribution in [0.4, 0.5) is 0 Å². The molecule has 1 unspecified atom stereocenters. The van der Waals surface area contributed by atoms with E-state index in [9.17, 15) is 8.42 Å². The van der Waals surface area contributed by atoms with E-state index in [1.54, 1.807) is 18.3 Å². The molecule has 2 rings (SSSR count). The zero-order chi connectivity index (χ0) is 14.8. The van der Waals surface area contributed by atoms with Gasteiger partial charge in [-0.15, -0.1) is 0 Å². The normalized spacial score (nSPS) is 20.6. The molecule has 1 aliphatic rings. The molecule has 0 aliphatic carbocycles. The van der Waals surface area contributed by atoms with Gasteiger partial charge in [0.2, 0.25) is 10.0 Å². The maximum Gasteiger partial charge on any atom is 0.213 e. The summed E-state index contributed by atoms with van der Waals surface area (Å²) in [6, 6.07) is 0. The van der Waals surface area contributed by atoms with E-state index in [1.165, 1.54) is 0 Å². The Hall–Kier alpha value is -0.920. The van der Waals surface area contributed by atoms with Crippen molar-refractivity contribution in [3.05, 3.63) is 17.7 Å². The van der Waals surface area contributed by atoms with Crippen molar-refractivity contribution in [2.75, 3.05) is 32.6 Å². The first-order chi connectivity index (χ1) is 9.49. The Balaban J connectivity index is 2.14. The maximum atomic E-state index is 11.9. The highest BCUT2D eigenvalue weighted by atomic mass is 32.2. The molecule has 1 aliphatic heterocycles. The average molecular weight is 301 g/mol. The average Bonchev–Trinajstić information content (AvgIpc) is 3.03. The van der Waals surface area contributed by atoms with E-state index in [2.05, 4.69) is 9.55 Å². The van der Waals surface area contributed by atoms with Crippen LogP contribution in [0, 0.1) is 6.92 Å². The van der Waals surface area contributed by atoms with E-state index in [1.807, 2.05) is 13.1 Å². The van der Waals surface area contributed by atoms with E-state index < -0.39 is 10.0 Å². The van der Waals surface area contributed by atoms with Crippen molar-refractivity contribution in [1.29, 1.82) is 0 Å². The molecular weight excluding hydrogens is 278 g/mol. The van der Waals surface area contributed by atoms with Crippen molar-refractivity contribution >= 4 is 10.0 Å². The lowest BCUT2D eigenvalue weighted by atomic mass is 10.1. The van der Waals surface area contributed by atoms with Crippen LogP contribution in [0.2, 0.25) is 0 Å². The Kier molecular flexibility index (Phi) is 4.82. The fraction of sp³-hybridized carbons (Fsp3) is 0.769. The van der Waals surface area contributed by atoms with Gasteiger partial charge in [0.15, 0.2) is 0 Å². The highest BCUT2D eigenvalue weighted by molar-refractivity contribution is 7.89. The minimum atomic E-state index is -3.09. The molecule has 0 aromatic carbocycles. The molecule has 6 nitrogen and oxygen atoms in total. The van der Waals surface area contributed by atoms with Crippen LogP contribution in [0.3, 0.4) is 0 Å². The third-order valence-corrected chi connectivity index (χ3v) is 5.73. The molecular formula is C13H23N3O3S. The number of methoxy groups -OCH3 is 1. The lowest BCUT2D eigenvalue weighted by molar-refractivity contribution is 0.185. The van der Waals surface area contributed by atoms with Crippen molar-refractivity contribution in [3.8, 4) is 0 Å². The van der Waals surface area contributed by atoms with E-state index in [4.69, 9.17) is 4.74 Å². The first-order valence-electron chi connectivity index (χ1n) is 6.98. The molecule has 0 spiro atoms. The molecule has 114 valence electrons. The molecule has 1 aromatic rings. The van der Waals surface area contributed by atoms with Gasteiger partial charge in [-0.3, -0.25) is 0 Å². The van der Waals surface area contributed by atoms with Gasteiger partial charge in [-0.1, -0.05) is 0 Å². The Bertz CT molecular complexity index is 553. The summed E-state index contributed by atoms with van der Waals surface area (Å²) in [7, 11) is -1.41. The summed E-state index contributed by atoms with van der Waals surface area (Å²) in [6.45, 7) is 6.23. The van der Waals surface area contributed by atoms with Crippen LogP contribution >= 0.6 is 0 Å². The summed E-state index contributed by atoms with van der Waals surface area (Å²) in [4.78, 5) is 4.48. The Morgan fingerprint density at radius 2 is 2.25 bits per heavy atom. The number of ether oxygens (including phenoxy) is 1. The number of rotatable bonds is 6. The summed E-state index contributed by atoms with van der Waals surface area (Å²) in [5.41, 5.74) is 1.09. The zero-order valence-corrected chi connectivity index (χ0v) is 13.2. The molecule has 7 heteroatoms. The summed E-state index contributed by atoms with van der Waals surface area (Å²) >= 11 is 0. The Morgan fingerprint density at radius 3 is 2.90 bits per heavy atom. The number of sulfonamides is 1. The van der Waals surface area contributed by atoms with Crippen molar-refractivity contribution in [2.24, 2.45) is 0 Å². The number of nitrogens with zero attached hydrogens (tertiary/aromatic N) is 3. The molecule has 0 N–H and O–H groups in total. The molecule has 1 aromatic heterocycles. The summed E-state index contributed by atoms with van der Waals surface area (Å²) in [5, 5.41) is 0. The third-order valence-electron chi connectivity index (χ3n) is 3.88. The second-order valence-corrected chi connectivity index (χ2v) is 7.40. The van der Waals surface area contributed by atoms with Crippen LogP contribution in [0.15, 0.2) is 6.20 Å². The third kappa shape index (κ3) is 3.05. The lowest BCUT2D eigenvalue weighted by Crippen LogP contribution is -2.30. The molecule has 1 fully saturated rings. The van der Waals surface area contributed by atoms with Gasteiger partial charge in [-0.25, -0.2) is 17.7 Å². The van der Waals surface area contributed by atoms with Crippen LogP contribution in [0.5, 0.6) is 0 Å². The van der Waals surface area contributed by atoms with Gasteiger partial charge < -0.3 is 9.30 Å². The van der Waals surface area contributed by atoms with Crippen molar-refractivity contribution < 1.29 is 13.2 Å². The van der Waals surface area contributed by atoms with Crippen LogP contribution in [-0.2, 0) is 21.3 Å². The fourth-order valence-corrected chi connectivity index (χ4v) is 3.81. The zero-order valence-electron chi connectivity index (χ0n) is 12.4. The maximum absolute atomic E-state index is 11.9. The molecule has 20 heavy (non-hydrogen) atoms. The molecule has 0 amide bonds. The molecule has 0 bridgehead atoms. The standard InChI is InChI=1S/C13H23N3O3S/c1-4-20(17,18)15-6-5-12(10-15)13-14-9-11(2)16(13)7-8-19-3/h9,12H,4-8,10H2,1-3H3. The highest BCUT2D eigenvalue weighted by Gasteiger charge is 2.33. The SMILES string of the molecule is CCS(=O)(=O)N1CCC(c2ncc(C)n2CCOC)C1. The van der Waals surface area contributed by atoms with Crippen molar-refractivity contribution in [3.63, 3.8) is 0 Å². The topological polar surface area (TPSA) is 64.4 Å². The number of imidazole rings is 1. The van der Waals surface area contributed by atoms with Crippen LogP contribution in [0.1, 0.15) is 30.8 Å². The summed E-state index contributed by atoms with van der Waals surface area (Å²) in [6.07, 6.45) is 2.69. The minimum Gasteiger partial charge on any atom is -0.383 e. The Morgan fingerprint density at radius 1 is 1.50 bits per heavy atom. The van der Waals surface area contributed by atoms with E-state index >= 15 is 0 Å². The van der Waals surface area contributed by atoms with E-state index in [0.29, 0.717) is 19.7 Å². The van der Waals surface area contributed by atoms with E-state index in [-0.39, 0.29) is 11.7 Å². The molecule has 0 radical (unpaired) electrons. The quantitative estimate of drug-likeness (QED) is 0.785. The molecule has 1 saturated heterocycles. The van der Waals surface area contributed by atoms with Crippen molar-refractivity contribution in [1.82, 2.24) is 13.9 Å². The molecule has 0 saturated carbocycles. The van der Waals surface area contributed by atoms with Crippen LogP contribution in [0.25, 0.3) is 0 Å². The van der Waals surface area contributed by atoms with Gasteiger partial charge in [0.1, 0.15) is 5.82 Å². The van der Waals surface area contributed by atoms with Crippen molar-refractivity contribution in [2.45, 2.75) is 32.7 Å². The summed E-state index contributed by atoms with van der Waals surface area (Å²) < 4.78 is 32.7. The fourth-order valence-electron chi connectivity index (χ4n) is 2.65. The van der Waals surface area contributed by atoms with Gasteiger partial charge in [0.05, 0.1) is 12.4 Å². The second-order valence-electron chi connectivity index (χ2n) is 5.15. The molecule has 1 atom stereocenters. The predicted octanol–water partition coefficient (Wildman–Crippen LogP) is 0.977. The Labute approximate surface area is 120 Å². The number of aryl methyl sites for hydroxylation is 1.